The predicted octanol–water partition coefficient (Wildman–Crippen LogP) is 4.02. The number of nitrogens with zero attached hydrogens (tertiary/aromatic N) is 4. The summed E-state index contributed by atoms with van der Waals surface area (Å²) in [5.74, 6) is 1.09. The molecule has 0 spiro atoms. The van der Waals surface area contributed by atoms with Crippen molar-refractivity contribution in [2.45, 2.75) is 53.5 Å². The highest BCUT2D eigenvalue weighted by atomic mass is 16.5. The van der Waals surface area contributed by atoms with E-state index in [-0.39, 0.29) is 16.5 Å². The molecule has 0 amide bonds. The summed E-state index contributed by atoms with van der Waals surface area (Å²) in [6.07, 6.45) is 2.77. The third-order valence-corrected chi connectivity index (χ3v) is 4.87. The number of aromatic nitrogens is 3. The highest BCUT2D eigenvalue weighted by Crippen LogP contribution is 2.37. The van der Waals surface area contributed by atoms with Crippen LogP contribution in [0.3, 0.4) is 0 Å². The second kappa shape index (κ2) is 7.11. The van der Waals surface area contributed by atoms with Crippen molar-refractivity contribution in [3.63, 3.8) is 0 Å². The van der Waals surface area contributed by atoms with Crippen molar-refractivity contribution in [1.29, 1.82) is 0 Å². The summed E-state index contributed by atoms with van der Waals surface area (Å²) in [7, 11) is 0. The number of carbonyl (C=O) groups is 1. The fourth-order valence-electron chi connectivity index (χ4n) is 3.70. The van der Waals surface area contributed by atoms with Crippen LogP contribution < -0.4 is 9.64 Å². The predicted molar refractivity (Wildman–Crippen MR) is 108 cm³/mol. The molecule has 3 heterocycles. The molecule has 3 rings (SSSR count). The average Bonchev–Trinajstić information content (AvgIpc) is 3.15. The summed E-state index contributed by atoms with van der Waals surface area (Å²) in [5, 5.41) is 14.1. The van der Waals surface area contributed by atoms with Crippen LogP contribution in [0.5, 0.6) is 5.88 Å². The van der Waals surface area contributed by atoms with Crippen molar-refractivity contribution < 1.29 is 14.6 Å². The highest BCUT2D eigenvalue weighted by molar-refractivity contribution is 5.93. The first-order chi connectivity index (χ1) is 13.0. The number of carboxylic acids is 1. The highest BCUT2D eigenvalue weighted by Gasteiger charge is 2.39. The number of aromatic carboxylic acids is 1. The maximum absolute atomic E-state index is 11.8. The number of ether oxygens (including phenoxy) is 1. The van der Waals surface area contributed by atoms with Gasteiger partial charge in [0.25, 0.3) is 0 Å². The summed E-state index contributed by atoms with van der Waals surface area (Å²) in [6.45, 7) is 14.1. The van der Waals surface area contributed by atoms with E-state index in [9.17, 15) is 9.90 Å². The van der Waals surface area contributed by atoms with Crippen molar-refractivity contribution in [2.75, 3.05) is 18.1 Å². The van der Waals surface area contributed by atoms with Gasteiger partial charge in [-0.2, -0.15) is 0 Å². The molecule has 0 bridgehead atoms. The van der Waals surface area contributed by atoms with Crippen LogP contribution in [0.1, 0.15) is 58.3 Å². The topological polar surface area (TPSA) is 80.5 Å². The van der Waals surface area contributed by atoms with Crippen molar-refractivity contribution in [2.24, 2.45) is 11.3 Å². The molecule has 1 saturated heterocycles. The van der Waals surface area contributed by atoms with Gasteiger partial charge in [0.15, 0.2) is 5.82 Å². The van der Waals surface area contributed by atoms with E-state index < -0.39 is 5.97 Å². The Hall–Kier alpha value is -2.57. The number of rotatable bonds is 5. The molecule has 0 saturated carbocycles. The largest absolute Gasteiger partial charge is 0.478 e. The molecule has 0 aromatic carbocycles. The molecule has 7 heteroatoms. The lowest BCUT2D eigenvalue weighted by molar-refractivity contribution is 0.0697. The molecule has 0 radical (unpaired) electrons. The zero-order chi connectivity index (χ0) is 20.7. The molecule has 152 valence electrons. The summed E-state index contributed by atoms with van der Waals surface area (Å²) in [5.41, 5.74) is 0.0961. The zero-order valence-electron chi connectivity index (χ0n) is 17.6. The van der Waals surface area contributed by atoms with E-state index in [0.29, 0.717) is 30.0 Å². The van der Waals surface area contributed by atoms with Crippen LogP contribution in [-0.2, 0) is 0 Å². The first kappa shape index (κ1) is 20.2. The Morgan fingerprint density at radius 1 is 1.32 bits per heavy atom. The fraction of sp³-hybridized carbons (Fsp3) is 0.571. The second-order valence-electron chi connectivity index (χ2n) is 9.53. The van der Waals surface area contributed by atoms with E-state index in [1.165, 1.54) is 0 Å². The smallest absolute Gasteiger partial charge is 0.339 e. The van der Waals surface area contributed by atoms with Crippen molar-refractivity contribution in [3.05, 3.63) is 30.0 Å². The summed E-state index contributed by atoms with van der Waals surface area (Å²) in [4.78, 5) is 18.6. The van der Waals surface area contributed by atoms with Gasteiger partial charge in [0.1, 0.15) is 11.4 Å². The fourth-order valence-corrected chi connectivity index (χ4v) is 3.70. The van der Waals surface area contributed by atoms with Crippen molar-refractivity contribution in [1.82, 2.24) is 14.8 Å². The van der Waals surface area contributed by atoms with E-state index in [1.54, 1.807) is 29.1 Å². The molecule has 0 unspecified atom stereocenters. The SMILES string of the molecule is C[C@@H]1CN(c2nc(-n3ccc(OCC(C)(C)C)n3)ccc2C(=O)O)C(C)(C)C1. The van der Waals surface area contributed by atoms with E-state index in [4.69, 9.17) is 4.74 Å². The third kappa shape index (κ3) is 4.29. The molecular formula is C21H30N4O3. The molecule has 2 aromatic rings. The maximum Gasteiger partial charge on any atom is 0.339 e. The Morgan fingerprint density at radius 2 is 2.04 bits per heavy atom. The number of pyridine rings is 1. The Kier molecular flexibility index (Phi) is 5.12. The van der Waals surface area contributed by atoms with Crippen molar-refractivity contribution >= 4 is 11.8 Å². The van der Waals surface area contributed by atoms with E-state index in [1.807, 2.05) is 0 Å². The Morgan fingerprint density at radius 3 is 2.61 bits per heavy atom. The third-order valence-electron chi connectivity index (χ3n) is 4.87. The Balaban J connectivity index is 1.94. The molecular weight excluding hydrogens is 356 g/mol. The number of anilines is 1. The number of carboxylic acid groups (broad SMARTS) is 1. The molecule has 2 aromatic heterocycles. The van der Waals surface area contributed by atoms with E-state index >= 15 is 0 Å². The van der Waals surface area contributed by atoms with Gasteiger partial charge in [0.2, 0.25) is 5.88 Å². The van der Waals surface area contributed by atoms with Crippen molar-refractivity contribution in [3.8, 4) is 11.7 Å². The molecule has 7 nitrogen and oxygen atoms in total. The minimum atomic E-state index is -0.973. The average molecular weight is 386 g/mol. The standard InChI is InChI=1S/C21H30N4O3/c1-14-11-21(5,6)24(12-14)18-15(19(26)27)7-8-16(22-18)25-10-9-17(23-25)28-13-20(2,3)4/h7-10,14H,11-13H2,1-6H3,(H,26,27)/t14-/m0/s1. The van der Waals surface area contributed by atoms with Gasteiger partial charge in [-0.25, -0.2) is 14.5 Å². The Labute approximate surface area is 166 Å². The second-order valence-corrected chi connectivity index (χ2v) is 9.53. The lowest BCUT2D eigenvalue weighted by Gasteiger charge is -2.33. The lowest BCUT2D eigenvalue weighted by Crippen LogP contribution is -2.39. The van der Waals surface area contributed by atoms with Gasteiger partial charge in [0, 0.05) is 24.3 Å². The molecule has 1 atom stereocenters. The van der Waals surface area contributed by atoms with Crippen LogP contribution in [0.25, 0.3) is 5.82 Å². The van der Waals surface area contributed by atoms with Crippen LogP contribution in [0.4, 0.5) is 5.82 Å². The quantitative estimate of drug-likeness (QED) is 0.836. The maximum atomic E-state index is 11.8. The van der Waals surface area contributed by atoms with Gasteiger partial charge in [-0.05, 0) is 43.7 Å². The Bertz CT molecular complexity index is 867. The molecule has 0 aliphatic carbocycles. The first-order valence-corrected chi connectivity index (χ1v) is 9.67. The van der Waals surface area contributed by atoms with E-state index in [2.05, 4.69) is 56.5 Å². The van der Waals surface area contributed by atoms with Gasteiger partial charge < -0.3 is 14.7 Å². The monoisotopic (exact) mass is 386 g/mol. The minimum Gasteiger partial charge on any atom is -0.478 e. The van der Waals surface area contributed by atoms with Crippen LogP contribution in [0.2, 0.25) is 0 Å². The van der Waals surface area contributed by atoms with Gasteiger partial charge in [-0.3, -0.25) is 0 Å². The van der Waals surface area contributed by atoms with Crippen LogP contribution >= 0.6 is 0 Å². The van der Waals surface area contributed by atoms with Gasteiger partial charge >= 0.3 is 5.97 Å². The minimum absolute atomic E-state index is 0.0381. The van der Waals surface area contributed by atoms with Gasteiger partial charge in [-0.15, -0.1) is 5.10 Å². The number of hydrogen-bond donors (Lipinski definition) is 1. The molecule has 28 heavy (non-hydrogen) atoms. The van der Waals surface area contributed by atoms with Gasteiger partial charge in [-0.1, -0.05) is 27.7 Å². The summed E-state index contributed by atoms with van der Waals surface area (Å²) >= 11 is 0. The van der Waals surface area contributed by atoms with E-state index in [0.717, 1.165) is 13.0 Å². The number of hydrogen-bond acceptors (Lipinski definition) is 5. The molecule has 1 aliphatic heterocycles. The normalized spacial score (nSPS) is 19.1. The van der Waals surface area contributed by atoms with Crippen LogP contribution in [0.15, 0.2) is 24.4 Å². The zero-order valence-corrected chi connectivity index (χ0v) is 17.6. The first-order valence-electron chi connectivity index (χ1n) is 9.67. The van der Waals surface area contributed by atoms with Crippen LogP contribution in [0, 0.1) is 11.3 Å². The summed E-state index contributed by atoms with van der Waals surface area (Å²) in [6, 6.07) is 5.08. The summed E-state index contributed by atoms with van der Waals surface area (Å²) < 4.78 is 7.37. The van der Waals surface area contributed by atoms with Gasteiger partial charge in [0.05, 0.1) is 6.61 Å². The lowest BCUT2D eigenvalue weighted by atomic mass is 9.97. The molecule has 1 fully saturated rings. The van der Waals surface area contributed by atoms with Crippen LogP contribution in [-0.4, -0.2) is 44.5 Å². The molecule has 1 N–H and O–H groups in total. The molecule has 1 aliphatic rings.